The first-order valence-electron chi connectivity index (χ1n) is 2.34. The van der Waals surface area contributed by atoms with Crippen LogP contribution >= 0.6 is 0 Å². The second-order valence-electron chi connectivity index (χ2n) is 1.64. The van der Waals surface area contributed by atoms with Crippen molar-refractivity contribution in [3.05, 3.63) is 18.2 Å². The zero-order valence-electron chi connectivity index (χ0n) is 4.46. The molecule has 0 aliphatic carbocycles. The van der Waals surface area contributed by atoms with E-state index in [1.54, 1.807) is 0 Å². The first-order chi connectivity index (χ1) is 4.18. The maximum absolute atomic E-state index is 10.3. The fraction of sp³-hybridized carbons (Fsp3) is 0. The minimum atomic E-state index is -0.521. The Hall–Kier alpha value is -1.38. The highest BCUT2D eigenvalue weighted by Gasteiger charge is 1.99. The first kappa shape index (κ1) is 5.75. The SMILES string of the molecule is [O]c1cc([O])cc([O])c1. The van der Waals surface area contributed by atoms with Crippen LogP contribution in [-0.2, 0) is 15.3 Å². The molecule has 1 aromatic rings. The van der Waals surface area contributed by atoms with Crippen molar-refractivity contribution in [3.8, 4) is 17.2 Å². The molecule has 0 fully saturated rings. The van der Waals surface area contributed by atoms with Crippen LogP contribution in [0.4, 0.5) is 0 Å². The van der Waals surface area contributed by atoms with Gasteiger partial charge in [-0.2, -0.15) is 0 Å². The van der Waals surface area contributed by atoms with Crippen molar-refractivity contribution in [2.45, 2.75) is 0 Å². The van der Waals surface area contributed by atoms with Crippen molar-refractivity contribution in [3.63, 3.8) is 0 Å². The van der Waals surface area contributed by atoms with Crippen molar-refractivity contribution >= 4 is 0 Å². The molecule has 0 amide bonds. The van der Waals surface area contributed by atoms with Gasteiger partial charge in [0.2, 0.25) is 0 Å². The van der Waals surface area contributed by atoms with Crippen LogP contribution in [0.5, 0.6) is 17.2 Å². The Morgan fingerprint density at radius 3 is 1.11 bits per heavy atom. The third-order valence-electron chi connectivity index (χ3n) is 0.854. The monoisotopic (exact) mass is 123 g/mol. The fourth-order valence-electron chi connectivity index (χ4n) is 0.546. The normalized spacial score (nSPS) is 9.33. The molecule has 0 N–H and O–H groups in total. The maximum Gasteiger partial charge on any atom is 0.186 e. The average Bonchev–Trinajstić information content (AvgIpc) is 1.59. The number of rotatable bonds is 0. The van der Waals surface area contributed by atoms with Gasteiger partial charge in [0.15, 0.2) is 17.2 Å². The van der Waals surface area contributed by atoms with Gasteiger partial charge in [-0.1, -0.05) is 0 Å². The summed E-state index contributed by atoms with van der Waals surface area (Å²) in [5, 5.41) is 30.9. The smallest absolute Gasteiger partial charge is 0.186 e. The van der Waals surface area contributed by atoms with E-state index in [4.69, 9.17) is 0 Å². The fourth-order valence-corrected chi connectivity index (χ4v) is 0.546. The van der Waals surface area contributed by atoms with Crippen LogP contribution in [0.3, 0.4) is 0 Å². The standard InChI is InChI=1S/C6H3O3/c7-4-1-5(8)3-6(9)2-4/h1-3H. The highest BCUT2D eigenvalue weighted by Crippen LogP contribution is 2.25. The summed E-state index contributed by atoms with van der Waals surface area (Å²) in [5.74, 6) is -1.56. The lowest BCUT2D eigenvalue weighted by atomic mass is 10.3. The van der Waals surface area contributed by atoms with Gasteiger partial charge >= 0.3 is 0 Å². The van der Waals surface area contributed by atoms with E-state index in [0.29, 0.717) is 0 Å². The highest BCUT2D eigenvalue weighted by molar-refractivity contribution is 5.38. The lowest BCUT2D eigenvalue weighted by Gasteiger charge is -1.86. The summed E-state index contributed by atoms with van der Waals surface area (Å²) in [6.45, 7) is 0. The van der Waals surface area contributed by atoms with E-state index < -0.39 is 17.2 Å². The van der Waals surface area contributed by atoms with Crippen LogP contribution in [-0.4, -0.2) is 0 Å². The molecule has 0 unspecified atom stereocenters. The summed E-state index contributed by atoms with van der Waals surface area (Å²) in [4.78, 5) is 0. The van der Waals surface area contributed by atoms with Gasteiger partial charge in [0.25, 0.3) is 0 Å². The Balaban J connectivity index is 3.17. The van der Waals surface area contributed by atoms with Crippen LogP contribution < -0.4 is 0 Å². The molecule has 0 heterocycles. The predicted octanol–water partition coefficient (Wildman–Crippen LogP) is 2.12. The lowest BCUT2D eigenvalue weighted by Crippen LogP contribution is -1.62. The molecule has 1 aromatic carbocycles. The molecule has 0 saturated carbocycles. The molecular weight excluding hydrogens is 120 g/mol. The van der Waals surface area contributed by atoms with E-state index in [0.717, 1.165) is 18.2 Å². The zero-order chi connectivity index (χ0) is 6.85. The summed E-state index contributed by atoms with van der Waals surface area (Å²) < 4.78 is 0. The van der Waals surface area contributed by atoms with Crippen LogP contribution in [0.25, 0.3) is 0 Å². The summed E-state index contributed by atoms with van der Waals surface area (Å²) in [5.41, 5.74) is 0. The second-order valence-corrected chi connectivity index (χ2v) is 1.64. The Morgan fingerprint density at radius 1 is 0.667 bits per heavy atom. The maximum atomic E-state index is 10.3. The number of benzene rings is 1. The largest absolute Gasteiger partial charge is 0.290 e. The van der Waals surface area contributed by atoms with Crippen LogP contribution in [0, 0.1) is 0 Å². The molecule has 9 heavy (non-hydrogen) atoms. The zero-order valence-corrected chi connectivity index (χ0v) is 4.46. The Morgan fingerprint density at radius 2 is 0.889 bits per heavy atom. The minimum Gasteiger partial charge on any atom is -0.290 e. The number of hydrogen-bond acceptors (Lipinski definition) is 0. The highest BCUT2D eigenvalue weighted by atomic mass is 16.3. The van der Waals surface area contributed by atoms with Gasteiger partial charge < -0.3 is 0 Å². The molecule has 0 saturated heterocycles. The van der Waals surface area contributed by atoms with E-state index in [1.165, 1.54) is 0 Å². The molecule has 3 radical (unpaired) electrons. The molecular formula is C6H3O3. The van der Waals surface area contributed by atoms with Gasteiger partial charge in [0.05, 0.1) is 0 Å². The van der Waals surface area contributed by atoms with Crippen LogP contribution in [0.15, 0.2) is 18.2 Å². The van der Waals surface area contributed by atoms with Crippen molar-refractivity contribution in [2.24, 2.45) is 0 Å². The molecule has 3 heteroatoms. The van der Waals surface area contributed by atoms with Gasteiger partial charge in [-0.25, -0.2) is 0 Å². The second kappa shape index (κ2) is 1.85. The molecule has 0 bridgehead atoms. The quantitative estimate of drug-likeness (QED) is 0.507. The van der Waals surface area contributed by atoms with Crippen molar-refractivity contribution < 1.29 is 15.3 Å². The lowest BCUT2D eigenvalue weighted by molar-refractivity contribution is 0.313. The molecule has 3 nitrogen and oxygen atoms in total. The summed E-state index contributed by atoms with van der Waals surface area (Å²) in [6.07, 6.45) is 0. The summed E-state index contributed by atoms with van der Waals surface area (Å²) >= 11 is 0. The molecule has 0 aliphatic heterocycles. The molecule has 45 valence electrons. The van der Waals surface area contributed by atoms with Crippen LogP contribution in [0.2, 0.25) is 0 Å². The van der Waals surface area contributed by atoms with Gasteiger partial charge in [-0.15, -0.1) is 0 Å². The Bertz CT molecular complexity index is 169. The van der Waals surface area contributed by atoms with E-state index >= 15 is 0 Å². The van der Waals surface area contributed by atoms with Crippen molar-refractivity contribution in [2.75, 3.05) is 0 Å². The summed E-state index contributed by atoms with van der Waals surface area (Å²) in [7, 11) is 0. The van der Waals surface area contributed by atoms with E-state index in [-0.39, 0.29) is 0 Å². The van der Waals surface area contributed by atoms with E-state index in [1.807, 2.05) is 0 Å². The minimum absolute atomic E-state index is 0.521. The van der Waals surface area contributed by atoms with Gasteiger partial charge in [0.1, 0.15) is 0 Å². The molecule has 1 rings (SSSR count). The van der Waals surface area contributed by atoms with Crippen molar-refractivity contribution in [1.29, 1.82) is 0 Å². The molecule has 0 spiro atoms. The third kappa shape index (κ3) is 1.25. The predicted molar refractivity (Wildman–Crippen MR) is 26.8 cm³/mol. The number of hydrogen-bond donors (Lipinski definition) is 0. The van der Waals surface area contributed by atoms with Crippen LogP contribution in [0.1, 0.15) is 0 Å². The third-order valence-corrected chi connectivity index (χ3v) is 0.854. The van der Waals surface area contributed by atoms with Crippen molar-refractivity contribution in [1.82, 2.24) is 0 Å². The van der Waals surface area contributed by atoms with E-state index in [2.05, 4.69) is 0 Å². The van der Waals surface area contributed by atoms with Gasteiger partial charge in [0, 0.05) is 18.2 Å². The average molecular weight is 123 g/mol. The summed E-state index contributed by atoms with van der Waals surface area (Å²) in [6, 6.07) is 2.63. The molecule has 0 aliphatic rings. The van der Waals surface area contributed by atoms with Gasteiger partial charge in [-0.3, -0.25) is 15.3 Å². The Labute approximate surface area is 51.8 Å². The first-order valence-corrected chi connectivity index (χ1v) is 2.34. The topological polar surface area (TPSA) is 59.7 Å². The molecule has 0 aromatic heterocycles. The van der Waals surface area contributed by atoms with Gasteiger partial charge in [-0.05, 0) is 0 Å². The van der Waals surface area contributed by atoms with E-state index in [9.17, 15) is 15.3 Å². The molecule has 0 atom stereocenters. The Kier molecular flexibility index (Phi) is 1.18.